The number of nitrogens with one attached hydrogen (secondary N) is 1. The lowest BCUT2D eigenvalue weighted by Crippen LogP contribution is -2.31. The standard InChI is InChI=1S/C13H13F3N4O2S/c1-7-8(2)23-12(22)20(7)6-11(21)18-5-10-17-4-3-9(19-10)13(14,15)16/h3-4H,5-6H2,1-2H3,(H,18,21). The average Bonchev–Trinajstić information content (AvgIpc) is 2.71. The van der Waals surface area contributed by atoms with Crippen molar-refractivity contribution in [1.82, 2.24) is 19.9 Å². The molecule has 124 valence electrons. The minimum absolute atomic E-state index is 0.154. The molecule has 0 fully saturated rings. The van der Waals surface area contributed by atoms with E-state index in [9.17, 15) is 22.8 Å². The Hall–Kier alpha value is -2.23. The molecule has 0 aliphatic heterocycles. The van der Waals surface area contributed by atoms with Crippen LogP contribution >= 0.6 is 11.3 Å². The fraction of sp³-hybridized carbons (Fsp3) is 0.385. The zero-order valence-electron chi connectivity index (χ0n) is 12.3. The van der Waals surface area contributed by atoms with Gasteiger partial charge in [0, 0.05) is 16.8 Å². The molecule has 0 unspecified atom stereocenters. The Morgan fingerprint density at radius 1 is 1.39 bits per heavy atom. The van der Waals surface area contributed by atoms with Crippen LogP contribution in [0.1, 0.15) is 22.1 Å². The molecule has 6 nitrogen and oxygen atoms in total. The first-order chi connectivity index (χ1) is 10.7. The molecule has 0 aliphatic carbocycles. The second kappa shape index (κ2) is 6.49. The molecule has 0 saturated carbocycles. The van der Waals surface area contributed by atoms with Gasteiger partial charge in [0.15, 0.2) is 0 Å². The summed E-state index contributed by atoms with van der Waals surface area (Å²) in [6, 6.07) is 0.752. The SMILES string of the molecule is Cc1sc(=O)n(CC(=O)NCc2nccc(C(F)(F)F)n2)c1C. The van der Waals surface area contributed by atoms with E-state index in [2.05, 4.69) is 15.3 Å². The van der Waals surface area contributed by atoms with Crippen LogP contribution < -0.4 is 10.2 Å². The molecule has 1 amide bonds. The molecule has 2 aromatic heterocycles. The Morgan fingerprint density at radius 3 is 2.65 bits per heavy atom. The highest BCUT2D eigenvalue weighted by molar-refractivity contribution is 7.09. The first-order valence-electron chi connectivity index (χ1n) is 6.51. The summed E-state index contributed by atoms with van der Waals surface area (Å²) in [7, 11) is 0. The average molecular weight is 346 g/mol. The van der Waals surface area contributed by atoms with Crippen LogP contribution in [0.5, 0.6) is 0 Å². The van der Waals surface area contributed by atoms with Gasteiger partial charge in [-0.1, -0.05) is 11.3 Å². The van der Waals surface area contributed by atoms with Gasteiger partial charge in [0.1, 0.15) is 18.1 Å². The Labute approximate surface area is 133 Å². The molecule has 2 rings (SSSR count). The molecule has 0 spiro atoms. The van der Waals surface area contributed by atoms with Crippen LogP contribution in [0.15, 0.2) is 17.1 Å². The van der Waals surface area contributed by atoms with Crippen LogP contribution in [0, 0.1) is 13.8 Å². The predicted octanol–water partition coefficient (Wildman–Crippen LogP) is 1.65. The fourth-order valence-corrected chi connectivity index (χ4v) is 2.62. The van der Waals surface area contributed by atoms with E-state index in [1.54, 1.807) is 13.8 Å². The summed E-state index contributed by atoms with van der Waals surface area (Å²) >= 11 is 1.03. The van der Waals surface area contributed by atoms with Crippen molar-refractivity contribution < 1.29 is 18.0 Å². The molecule has 2 aromatic rings. The second-order valence-corrected chi connectivity index (χ2v) is 5.89. The molecule has 0 bridgehead atoms. The van der Waals surface area contributed by atoms with E-state index < -0.39 is 17.8 Å². The smallest absolute Gasteiger partial charge is 0.347 e. The number of carbonyl (C=O) groups excluding carboxylic acids is 1. The number of rotatable bonds is 4. The van der Waals surface area contributed by atoms with Gasteiger partial charge in [-0.25, -0.2) is 9.97 Å². The molecule has 10 heteroatoms. The molecule has 0 atom stereocenters. The number of hydrogen-bond acceptors (Lipinski definition) is 5. The first kappa shape index (κ1) is 17.1. The Kier molecular flexibility index (Phi) is 4.83. The van der Waals surface area contributed by atoms with E-state index >= 15 is 0 Å². The van der Waals surface area contributed by atoms with Crippen LogP contribution in [0.2, 0.25) is 0 Å². The van der Waals surface area contributed by atoms with Gasteiger partial charge < -0.3 is 5.32 Å². The molecule has 0 saturated heterocycles. The number of aryl methyl sites for hydroxylation is 1. The third-order valence-electron chi connectivity index (χ3n) is 3.12. The summed E-state index contributed by atoms with van der Waals surface area (Å²) in [6.07, 6.45) is -3.59. The second-order valence-electron chi connectivity index (χ2n) is 4.73. The number of hydrogen-bond donors (Lipinski definition) is 1. The number of amides is 1. The molecule has 2 heterocycles. The molecule has 1 N–H and O–H groups in total. The van der Waals surface area contributed by atoms with E-state index in [1.807, 2.05) is 0 Å². The van der Waals surface area contributed by atoms with Crippen molar-refractivity contribution in [2.45, 2.75) is 33.1 Å². The quantitative estimate of drug-likeness (QED) is 0.913. The summed E-state index contributed by atoms with van der Waals surface area (Å²) in [5.41, 5.74) is -0.386. The van der Waals surface area contributed by atoms with Crippen molar-refractivity contribution in [1.29, 1.82) is 0 Å². The van der Waals surface area contributed by atoms with E-state index in [1.165, 1.54) is 4.57 Å². The number of alkyl halides is 3. The van der Waals surface area contributed by atoms with Crippen molar-refractivity contribution in [3.63, 3.8) is 0 Å². The van der Waals surface area contributed by atoms with E-state index in [0.29, 0.717) is 5.69 Å². The largest absolute Gasteiger partial charge is 0.433 e. The lowest BCUT2D eigenvalue weighted by molar-refractivity contribution is -0.141. The third kappa shape index (κ3) is 4.15. The van der Waals surface area contributed by atoms with E-state index in [-0.39, 0.29) is 23.8 Å². The van der Waals surface area contributed by atoms with Gasteiger partial charge in [-0.3, -0.25) is 14.2 Å². The molecule has 23 heavy (non-hydrogen) atoms. The van der Waals surface area contributed by atoms with E-state index in [4.69, 9.17) is 0 Å². The zero-order chi connectivity index (χ0) is 17.2. The first-order valence-corrected chi connectivity index (χ1v) is 7.33. The van der Waals surface area contributed by atoms with E-state index in [0.717, 1.165) is 28.5 Å². The molecular weight excluding hydrogens is 333 g/mol. The lowest BCUT2D eigenvalue weighted by atomic mass is 10.4. The minimum Gasteiger partial charge on any atom is -0.347 e. The number of thiazole rings is 1. The van der Waals surface area contributed by atoms with Gasteiger partial charge in [0.25, 0.3) is 0 Å². The summed E-state index contributed by atoms with van der Waals surface area (Å²) in [4.78, 5) is 31.1. The van der Waals surface area contributed by atoms with Gasteiger partial charge >= 0.3 is 11.0 Å². The van der Waals surface area contributed by atoms with Crippen molar-refractivity contribution >= 4 is 17.2 Å². The van der Waals surface area contributed by atoms with Crippen molar-refractivity contribution in [3.05, 3.63) is 44.0 Å². The number of nitrogens with zero attached hydrogens (tertiary/aromatic N) is 3. The van der Waals surface area contributed by atoms with Crippen molar-refractivity contribution in [2.24, 2.45) is 0 Å². The highest BCUT2D eigenvalue weighted by Crippen LogP contribution is 2.26. The monoisotopic (exact) mass is 346 g/mol. The predicted molar refractivity (Wildman–Crippen MR) is 76.9 cm³/mol. The number of aromatic nitrogens is 3. The highest BCUT2D eigenvalue weighted by atomic mass is 32.1. The molecular formula is C13H13F3N4O2S. The Bertz CT molecular complexity index is 782. The van der Waals surface area contributed by atoms with Gasteiger partial charge in [-0.2, -0.15) is 13.2 Å². The Balaban J connectivity index is 2.01. The van der Waals surface area contributed by atoms with Gasteiger partial charge in [-0.05, 0) is 19.9 Å². The van der Waals surface area contributed by atoms with Crippen LogP contribution in [0.25, 0.3) is 0 Å². The number of halogens is 3. The fourth-order valence-electron chi connectivity index (χ4n) is 1.79. The van der Waals surface area contributed by atoms with Crippen LogP contribution in [-0.2, 0) is 24.1 Å². The molecule has 0 radical (unpaired) electrons. The summed E-state index contributed by atoms with van der Waals surface area (Å²) < 4.78 is 38.9. The van der Waals surface area contributed by atoms with Crippen molar-refractivity contribution in [2.75, 3.05) is 0 Å². The maximum absolute atomic E-state index is 12.5. The third-order valence-corrected chi connectivity index (χ3v) is 4.11. The summed E-state index contributed by atoms with van der Waals surface area (Å²) in [5.74, 6) is -0.659. The summed E-state index contributed by atoms with van der Waals surface area (Å²) in [5, 5.41) is 2.40. The highest BCUT2D eigenvalue weighted by Gasteiger charge is 2.32. The summed E-state index contributed by atoms with van der Waals surface area (Å²) in [6.45, 7) is 3.04. The van der Waals surface area contributed by atoms with Gasteiger partial charge in [0.2, 0.25) is 5.91 Å². The molecule has 0 aromatic carbocycles. The maximum Gasteiger partial charge on any atom is 0.433 e. The topological polar surface area (TPSA) is 76.9 Å². The van der Waals surface area contributed by atoms with Gasteiger partial charge in [0.05, 0.1) is 6.54 Å². The van der Waals surface area contributed by atoms with Crippen LogP contribution in [0.4, 0.5) is 13.2 Å². The molecule has 0 aliphatic rings. The van der Waals surface area contributed by atoms with Crippen LogP contribution in [-0.4, -0.2) is 20.4 Å². The van der Waals surface area contributed by atoms with Crippen LogP contribution in [0.3, 0.4) is 0 Å². The minimum atomic E-state index is -4.57. The lowest BCUT2D eigenvalue weighted by Gasteiger charge is -2.08. The number of carbonyl (C=O) groups is 1. The maximum atomic E-state index is 12.5. The Morgan fingerprint density at radius 2 is 2.09 bits per heavy atom. The van der Waals surface area contributed by atoms with Crippen molar-refractivity contribution in [3.8, 4) is 0 Å². The normalized spacial score (nSPS) is 11.5. The zero-order valence-corrected chi connectivity index (χ0v) is 13.1. The van der Waals surface area contributed by atoms with Gasteiger partial charge in [-0.15, -0.1) is 0 Å².